The smallest absolute Gasteiger partial charge is 0.339 e. The number of hydrogen-bond donors (Lipinski definition) is 0. The van der Waals surface area contributed by atoms with E-state index in [1.807, 2.05) is 20.8 Å². The van der Waals surface area contributed by atoms with E-state index >= 15 is 0 Å². The van der Waals surface area contributed by atoms with E-state index in [2.05, 4.69) is 0 Å². The predicted molar refractivity (Wildman–Crippen MR) is 93.0 cm³/mol. The molecule has 0 heterocycles. The number of carbonyl (C=O) groups excluding carboxylic acids is 2. The Morgan fingerprint density at radius 3 is 2.04 bits per heavy atom. The molecule has 0 atom stereocenters. The van der Waals surface area contributed by atoms with Gasteiger partial charge in [-0.05, 0) is 36.3 Å². The van der Waals surface area contributed by atoms with Crippen molar-refractivity contribution in [1.82, 2.24) is 0 Å². The zero-order valence-corrected chi connectivity index (χ0v) is 15.0. The van der Waals surface area contributed by atoms with Crippen LogP contribution in [-0.2, 0) is 9.47 Å². The van der Waals surface area contributed by atoms with Gasteiger partial charge in [-0.2, -0.15) is 0 Å². The first-order valence-corrected chi connectivity index (χ1v) is 8.80. The highest BCUT2D eigenvalue weighted by atomic mass is 16.5. The molecule has 0 saturated heterocycles. The van der Waals surface area contributed by atoms with E-state index in [4.69, 9.17) is 9.47 Å². The first kappa shape index (κ1) is 18.5. The van der Waals surface area contributed by atoms with E-state index in [0.29, 0.717) is 19.1 Å². The fraction of sp³-hybridized carbons (Fsp3) is 0.600. The zero-order chi connectivity index (χ0) is 17.6. The van der Waals surface area contributed by atoms with Gasteiger partial charge < -0.3 is 9.47 Å². The van der Waals surface area contributed by atoms with Gasteiger partial charge >= 0.3 is 11.9 Å². The third-order valence-electron chi connectivity index (χ3n) is 4.18. The second-order valence-electron chi connectivity index (χ2n) is 7.78. The SMILES string of the molecule is CC(C)(C)COC(=O)c1ccccc1C(=O)OCC1CCCCC1. The zero-order valence-electron chi connectivity index (χ0n) is 15.0. The first-order valence-electron chi connectivity index (χ1n) is 8.80. The van der Waals surface area contributed by atoms with Crippen molar-refractivity contribution in [3.63, 3.8) is 0 Å². The van der Waals surface area contributed by atoms with Gasteiger partial charge in [-0.3, -0.25) is 0 Å². The molecule has 4 heteroatoms. The van der Waals surface area contributed by atoms with Crippen LogP contribution in [0.25, 0.3) is 0 Å². The summed E-state index contributed by atoms with van der Waals surface area (Å²) in [5.41, 5.74) is 0.439. The van der Waals surface area contributed by atoms with Crippen molar-refractivity contribution in [3.05, 3.63) is 35.4 Å². The molecule has 132 valence electrons. The molecule has 0 unspecified atom stereocenters. The summed E-state index contributed by atoms with van der Waals surface area (Å²) in [6, 6.07) is 6.70. The van der Waals surface area contributed by atoms with Crippen LogP contribution in [0.2, 0.25) is 0 Å². The second kappa shape index (κ2) is 8.32. The van der Waals surface area contributed by atoms with Crippen LogP contribution < -0.4 is 0 Å². The van der Waals surface area contributed by atoms with Gasteiger partial charge in [0.15, 0.2) is 0 Å². The van der Waals surface area contributed by atoms with Crippen molar-refractivity contribution in [1.29, 1.82) is 0 Å². The molecule has 4 nitrogen and oxygen atoms in total. The van der Waals surface area contributed by atoms with Gasteiger partial charge in [-0.25, -0.2) is 9.59 Å². The van der Waals surface area contributed by atoms with E-state index in [1.54, 1.807) is 24.3 Å². The van der Waals surface area contributed by atoms with Crippen LogP contribution in [0.4, 0.5) is 0 Å². The van der Waals surface area contributed by atoms with Crippen molar-refractivity contribution in [3.8, 4) is 0 Å². The topological polar surface area (TPSA) is 52.6 Å². The van der Waals surface area contributed by atoms with E-state index in [1.165, 1.54) is 19.3 Å². The minimum atomic E-state index is -0.477. The van der Waals surface area contributed by atoms with Gasteiger partial charge in [-0.1, -0.05) is 52.2 Å². The van der Waals surface area contributed by atoms with Crippen LogP contribution in [0.1, 0.15) is 73.6 Å². The van der Waals surface area contributed by atoms with E-state index < -0.39 is 11.9 Å². The van der Waals surface area contributed by atoms with Crippen molar-refractivity contribution >= 4 is 11.9 Å². The first-order chi connectivity index (χ1) is 11.4. The Morgan fingerprint density at radius 1 is 0.958 bits per heavy atom. The molecule has 1 aliphatic rings. The lowest BCUT2D eigenvalue weighted by atomic mass is 9.90. The van der Waals surface area contributed by atoms with Gasteiger partial charge in [0.25, 0.3) is 0 Å². The third kappa shape index (κ3) is 5.66. The maximum atomic E-state index is 12.4. The summed E-state index contributed by atoms with van der Waals surface area (Å²) in [7, 11) is 0. The Balaban J connectivity index is 1.98. The van der Waals surface area contributed by atoms with Crippen LogP contribution in [0.15, 0.2) is 24.3 Å². The second-order valence-corrected chi connectivity index (χ2v) is 7.78. The minimum Gasteiger partial charge on any atom is -0.462 e. The summed E-state index contributed by atoms with van der Waals surface area (Å²) in [4.78, 5) is 24.7. The van der Waals surface area contributed by atoms with Gasteiger partial charge in [0.05, 0.1) is 24.3 Å². The predicted octanol–water partition coefficient (Wildman–Crippen LogP) is 4.63. The highest BCUT2D eigenvalue weighted by Crippen LogP contribution is 2.24. The Morgan fingerprint density at radius 2 is 1.50 bits per heavy atom. The molecule has 0 radical (unpaired) electrons. The van der Waals surface area contributed by atoms with Gasteiger partial charge in [0, 0.05) is 0 Å². The lowest BCUT2D eigenvalue weighted by molar-refractivity contribution is 0.0338. The molecule has 0 aliphatic heterocycles. The average Bonchev–Trinajstić information content (AvgIpc) is 2.58. The van der Waals surface area contributed by atoms with Crippen molar-refractivity contribution < 1.29 is 19.1 Å². The molecule has 0 spiro atoms. The molecule has 1 saturated carbocycles. The highest BCUT2D eigenvalue weighted by molar-refractivity contribution is 6.03. The summed E-state index contributed by atoms with van der Waals surface area (Å²) in [5, 5.41) is 0. The molecular formula is C20H28O4. The normalized spacial score (nSPS) is 15.8. The third-order valence-corrected chi connectivity index (χ3v) is 4.18. The fourth-order valence-corrected chi connectivity index (χ4v) is 2.82. The van der Waals surface area contributed by atoms with E-state index in [9.17, 15) is 9.59 Å². The molecule has 1 aromatic carbocycles. The molecule has 2 rings (SSSR count). The summed E-state index contributed by atoms with van der Waals surface area (Å²) in [5.74, 6) is -0.471. The number of carbonyl (C=O) groups is 2. The largest absolute Gasteiger partial charge is 0.462 e. The van der Waals surface area contributed by atoms with Crippen LogP contribution in [0.3, 0.4) is 0 Å². The summed E-state index contributed by atoms with van der Waals surface area (Å²) < 4.78 is 10.8. The molecule has 0 bridgehead atoms. The lowest BCUT2D eigenvalue weighted by Crippen LogP contribution is -2.21. The Kier molecular flexibility index (Phi) is 6.41. The van der Waals surface area contributed by atoms with Gasteiger partial charge in [-0.15, -0.1) is 0 Å². The maximum Gasteiger partial charge on any atom is 0.339 e. The van der Waals surface area contributed by atoms with Crippen LogP contribution >= 0.6 is 0 Å². The molecule has 1 fully saturated rings. The maximum absolute atomic E-state index is 12.4. The number of ether oxygens (including phenoxy) is 2. The number of benzene rings is 1. The van der Waals surface area contributed by atoms with Gasteiger partial charge in [0.1, 0.15) is 0 Å². The monoisotopic (exact) mass is 332 g/mol. The van der Waals surface area contributed by atoms with Crippen molar-refractivity contribution in [2.45, 2.75) is 52.9 Å². The molecule has 0 N–H and O–H groups in total. The minimum absolute atomic E-state index is 0.119. The number of hydrogen-bond acceptors (Lipinski definition) is 4. The van der Waals surface area contributed by atoms with E-state index in [-0.39, 0.29) is 16.5 Å². The molecule has 0 aromatic heterocycles. The summed E-state index contributed by atoms with van der Waals surface area (Å²) >= 11 is 0. The van der Waals surface area contributed by atoms with Crippen molar-refractivity contribution in [2.75, 3.05) is 13.2 Å². The number of esters is 2. The average molecular weight is 332 g/mol. The Labute approximate surface area is 144 Å². The van der Waals surface area contributed by atoms with Crippen LogP contribution in [-0.4, -0.2) is 25.2 Å². The molecule has 1 aromatic rings. The molecule has 1 aliphatic carbocycles. The molecule has 0 amide bonds. The Hall–Kier alpha value is -1.84. The Bertz CT molecular complexity index is 565. The quantitative estimate of drug-likeness (QED) is 0.738. The number of rotatable bonds is 5. The summed E-state index contributed by atoms with van der Waals surface area (Å²) in [6.45, 7) is 6.71. The molecular weight excluding hydrogens is 304 g/mol. The van der Waals surface area contributed by atoms with Crippen molar-refractivity contribution in [2.24, 2.45) is 11.3 Å². The highest BCUT2D eigenvalue weighted by Gasteiger charge is 2.22. The molecule has 24 heavy (non-hydrogen) atoms. The fourth-order valence-electron chi connectivity index (χ4n) is 2.82. The standard InChI is InChI=1S/C20H28O4/c1-20(2,3)14-24-19(22)17-12-8-7-11-16(17)18(21)23-13-15-9-5-4-6-10-15/h7-8,11-12,15H,4-6,9-10,13-14H2,1-3H3. The van der Waals surface area contributed by atoms with Gasteiger partial charge in [0.2, 0.25) is 0 Å². The van der Waals surface area contributed by atoms with E-state index in [0.717, 1.165) is 12.8 Å². The van der Waals surface area contributed by atoms with Crippen LogP contribution in [0.5, 0.6) is 0 Å². The van der Waals surface area contributed by atoms with Crippen LogP contribution in [0, 0.1) is 11.3 Å². The lowest BCUT2D eigenvalue weighted by Gasteiger charge is -2.21. The summed E-state index contributed by atoms with van der Waals surface area (Å²) in [6.07, 6.45) is 5.91.